The first-order valence-electron chi connectivity index (χ1n) is 10.8. The van der Waals surface area contributed by atoms with Crippen LogP contribution in [0.5, 0.6) is 5.75 Å². The first-order valence-corrected chi connectivity index (χ1v) is 10.8. The number of aromatic amines is 2. The zero-order chi connectivity index (χ0) is 19.4. The van der Waals surface area contributed by atoms with Crippen LogP contribution in [0.4, 0.5) is 0 Å². The van der Waals surface area contributed by atoms with Crippen LogP contribution in [-0.2, 0) is 0 Å². The molecule has 0 aromatic carbocycles. The lowest BCUT2D eigenvalue weighted by atomic mass is 10.1. The topological polar surface area (TPSA) is 53.2 Å². The van der Waals surface area contributed by atoms with Gasteiger partial charge in [0.15, 0.2) is 0 Å². The lowest BCUT2D eigenvalue weighted by Crippen LogP contribution is -1.97. The van der Waals surface area contributed by atoms with Gasteiger partial charge < -0.3 is 14.7 Å². The summed E-state index contributed by atoms with van der Waals surface area (Å²) in [7, 11) is 0. The lowest BCUT2D eigenvalue weighted by molar-refractivity contribution is 0.304. The van der Waals surface area contributed by atoms with E-state index < -0.39 is 0 Å². The number of hydrogen-bond acceptors (Lipinski definition) is 2. The highest BCUT2D eigenvalue weighted by Gasteiger charge is 2.11. The minimum Gasteiger partial charge on any atom is -0.491 e. The van der Waals surface area contributed by atoms with Gasteiger partial charge in [0.1, 0.15) is 5.75 Å². The van der Waals surface area contributed by atoms with E-state index in [2.05, 4.69) is 34.0 Å². The Morgan fingerprint density at radius 3 is 2.46 bits per heavy atom. The highest BCUT2D eigenvalue weighted by molar-refractivity contribution is 5.80. The summed E-state index contributed by atoms with van der Waals surface area (Å²) in [5.74, 6) is 0.896. The normalized spacial score (nSPS) is 14.4. The number of rotatable bonds is 13. The van der Waals surface area contributed by atoms with Crippen LogP contribution >= 0.6 is 0 Å². The molecule has 0 radical (unpaired) electrons. The molecule has 3 rings (SSSR count). The SMILES string of the molecule is CCCCCCCCCCCOc1cc(-c2ccc[nH]2)[nH]c1C=C1C=CC=N1. The van der Waals surface area contributed by atoms with E-state index in [1.807, 2.05) is 36.7 Å². The molecule has 4 nitrogen and oxygen atoms in total. The molecule has 0 saturated carbocycles. The fraction of sp³-hybridized carbons (Fsp3) is 0.458. The molecule has 1 aliphatic heterocycles. The Kier molecular flexibility index (Phi) is 8.23. The van der Waals surface area contributed by atoms with E-state index in [4.69, 9.17) is 4.74 Å². The number of unbranched alkanes of at least 4 members (excludes halogenated alkanes) is 8. The van der Waals surface area contributed by atoms with Gasteiger partial charge in [0.05, 0.1) is 29.4 Å². The van der Waals surface area contributed by atoms with Crippen molar-refractivity contribution in [2.45, 2.75) is 64.7 Å². The van der Waals surface area contributed by atoms with Gasteiger partial charge in [-0.1, -0.05) is 58.3 Å². The van der Waals surface area contributed by atoms with Gasteiger partial charge in [-0.15, -0.1) is 0 Å². The largest absolute Gasteiger partial charge is 0.491 e. The fourth-order valence-electron chi connectivity index (χ4n) is 3.46. The molecule has 0 aliphatic carbocycles. The van der Waals surface area contributed by atoms with Crippen molar-refractivity contribution in [1.82, 2.24) is 9.97 Å². The number of aliphatic imine (C=N–C) groups is 1. The van der Waals surface area contributed by atoms with E-state index in [9.17, 15) is 0 Å². The van der Waals surface area contributed by atoms with Crippen LogP contribution in [-0.4, -0.2) is 22.8 Å². The molecule has 2 aromatic rings. The zero-order valence-electron chi connectivity index (χ0n) is 17.0. The van der Waals surface area contributed by atoms with Crippen molar-refractivity contribution in [2.24, 2.45) is 4.99 Å². The quantitative estimate of drug-likeness (QED) is 0.365. The molecular formula is C24H33N3O. The summed E-state index contributed by atoms with van der Waals surface area (Å²) in [5.41, 5.74) is 4.00. The lowest BCUT2D eigenvalue weighted by Gasteiger charge is -2.06. The van der Waals surface area contributed by atoms with Crippen molar-refractivity contribution in [1.29, 1.82) is 0 Å². The third-order valence-electron chi connectivity index (χ3n) is 5.07. The van der Waals surface area contributed by atoms with Gasteiger partial charge in [0, 0.05) is 18.5 Å². The molecule has 28 heavy (non-hydrogen) atoms. The molecule has 4 heteroatoms. The number of nitrogens with zero attached hydrogens (tertiary/aromatic N) is 1. The Hall–Kier alpha value is -2.49. The first kappa shape index (κ1) is 20.2. The highest BCUT2D eigenvalue weighted by atomic mass is 16.5. The summed E-state index contributed by atoms with van der Waals surface area (Å²) < 4.78 is 6.12. The molecule has 0 spiro atoms. The van der Waals surface area contributed by atoms with Crippen molar-refractivity contribution in [3.63, 3.8) is 0 Å². The Morgan fingerprint density at radius 2 is 1.79 bits per heavy atom. The van der Waals surface area contributed by atoms with Gasteiger partial charge >= 0.3 is 0 Å². The van der Waals surface area contributed by atoms with Crippen LogP contribution < -0.4 is 4.74 Å². The summed E-state index contributed by atoms with van der Waals surface area (Å²) in [6, 6.07) is 6.14. The van der Waals surface area contributed by atoms with Crippen LogP contribution in [0, 0.1) is 0 Å². The first-order chi connectivity index (χ1) is 13.9. The molecule has 0 bridgehead atoms. The third kappa shape index (κ3) is 6.29. The van der Waals surface area contributed by atoms with Gasteiger partial charge in [-0.05, 0) is 36.8 Å². The smallest absolute Gasteiger partial charge is 0.144 e. The number of allylic oxidation sites excluding steroid dienone is 2. The minimum atomic E-state index is 0.757. The maximum Gasteiger partial charge on any atom is 0.144 e. The van der Waals surface area contributed by atoms with Crippen LogP contribution in [0.15, 0.2) is 47.2 Å². The van der Waals surface area contributed by atoms with E-state index >= 15 is 0 Å². The average molecular weight is 380 g/mol. The van der Waals surface area contributed by atoms with Crippen molar-refractivity contribution < 1.29 is 4.74 Å². The molecule has 0 amide bonds. The fourth-order valence-corrected chi connectivity index (χ4v) is 3.46. The maximum absolute atomic E-state index is 6.12. The second-order valence-electron chi connectivity index (χ2n) is 7.43. The summed E-state index contributed by atoms with van der Waals surface area (Å²) in [5, 5.41) is 0. The predicted octanol–water partition coefficient (Wildman–Crippen LogP) is 6.90. The molecule has 1 aliphatic rings. The van der Waals surface area contributed by atoms with Crippen molar-refractivity contribution in [3.05, 3.63) is 47.9 Å². The molecule has 0 unspecified atom stereocenters. The van der Waals surface area contributed by atoms with Gasteiger partial charge in [-0.25, -0.2) is 0 Å². The van der Waals surface area contributed by atoms with Crippen molar-refractivity contribution in [2.75, 3.05) is 6.61 Å². The number of ether oxygens (including phenoxy) is 1. The zero-order valence-corrected chi connectivity index (χ0v) is 17.0. The second kappa shape index (κ2) is 11.4. The number of nitrogens with one attached hydrogen (secondary N) is 2. The van der Waals surface area contributed by atoms with Gasteiger partial charge in [0.25, 0.3) is 0 Å². The van der Waals surface area contributed by atoms with Crippen LogP contribution in [0.2, 0.25) is 0 Å². The summed E-state index contributed by atoms with van der Waals surface area (Å²) >= 11 is 0. The Morgan fingerprint density at radius 1 is 1.00 bits per heavy atom. The summed E-state index contributed by atoms with van der Waals surface area (Å²) in [6.45, 7) is 3.03. The number of hydrogen-bond donors (Lipinski definition) is 2. The van der Waals surface area contributed by atoms with E-state index in [1.54, 1.807) is 0 Å². The van der Waals surface area contributed by atoms with Crippen molar-refractivity contribution in [3.8, 4) is 17.1 Å². The number of H-pyrrole nitrogens is 2. The molecule has 0 fully saturated rings. The molecule has 0 atom stereocenters. The van der Waals surface area contributed by atoms with E-state index in [0.29, 0.717) is 0 Å². The maximum atomic E-state index is 6.12. The van der Waals surface area contributed by atoms with Crippen LogP contribution in [0.3, 0.4) is 0 Å². The summed E-state index contributed by atoms with van der Waals surface area (Å²) in [4.78, 5) is 11.0. The molecule has 150 valence electrons. The average Bonchev–Trinajstić information content (AvgIpc) is 3.45. The standard InChI is InChI=1S/C24H33N3O/c1-2-3-4-5-6-7-8-9-10-17-28-24-19-22(21-14-12-16-26-21)27-23(24)18-20-13-11-15-25-20/h11-16,18-19,26-27H,2-10,17H2,1H3. The summed E-state index contributed by atoms with van der Waals surface area (Å²) in [6.07, 6.45) is 21.6. The third-order valence-corrected chi connectivity index (χ3v) is 5.07. The molecule has 0 saturated heterocycles. The monoisotopic (exact) mass is 379 g/mol. The Bertz CT molecular complexity index is 767. The van der Waals surface area contributed by atoms with Crippen molar-refractivity contribution >= 4 is 12.3 Å². The predicted molar refractivity (Wildman–Crippen MR) is 119 cm³/mol. The molecule has 2 N–H and O–H groups in total. The van der Waals surface area contributed by atoms with Crippen LogP contribution in [0.25, 0.3) is 17.5 Å². The molecule has 3 heterocycles. The Labute approximate surface area is 168 Å². The highest BCUT2D eigenvalue weighted by Crippen LogP contribution is 2.29. The van der Waals surface area contributed by atoms with E-state index in [1.165, 1.54) is 51.4 Å². The second-order valence-corrected chi connectivity index (χ2v) is 7.43. The minimum absolute atomic E-state index is 0.757. The van der Waals surface area contributed by atoms with Gasteiger partial charge in [-0.3, -0.25) is 4.99 Å². The molecule has 2 aromatic heterocycles. The van der Waals surface area contributed by atoms with E-state index in [0.717, 1.165) is 41.6 Å². The van der Waals surface area contributed by atoms with Gasteiger partial charge in [0.2, 0.25) is 0 Å². The Balaban J connectivity index is 1.47. The molecular weight excluding hydrogens is 346 g/mol. The number of aromatic nitrogens is 2. The van der Waals surface area contributed by atoms with E-state index in [-0.39, 0.29) is 0 Å². The van der Waals surface area contributed by atoms with Crippen LogP contribution in [0.1, 0.15) is 70.4 Å². The van der Waals surface area contributed by atoms with Gasteiger partial charge in [-0.2, -0.15) is 0 Å².